The average Bonchev–Trinajstić information content (AvgIpc) is 2.48. The third-order valence-electron chi connectivity index (χ3n) is 4.51. The van der Waals surface area contributed by atoms with E-state index in [9.17, 15) is 9.59 Å². The first-order chi connectivity index (χ1) is 9.24. The second-order valence-corrected chi connectivity index (χ2v) is 5.70. The van der Waals surface area contributed by atoms with Crippen LogP contribution in [-0.2, 0) is 9.59 Å². The van der Waals surface area contributed by atoms with Crippen LogP contribution in [0.4, 0.5) is 0 Å². The zero-order chi connectivity index (χ0) is 13.7. The Bertz CT molecular complexity index is 306. The SMILES string of the molecule is O=CN1CCN(C(=O)C2CCC(CCO)CC2)CC1. The van der Waals surface area contributed by atoms with E-state index in [2.05, 4.69) is 0 Å². The number of piperazine rings is 1. The number of aliphatic hydroxyl groups is 1. The molecule has 0 aromatic heterocycles. The van der Waals surface area contributed by atoms with E-state index in [1.54, 1.807) is 4.90 Å². The van der Waals surface area contributed by atoms with Crippen LogP contribution in [0.3, 0.4) is 0 Å². The van der Waals surface area contributed by atoms with Crippen molar-refractivity contribution < 1.29 is 14.7 Å². The Hall–Kier alpha value is -1.10. The summed E-state index contributed by atoms with van der Waals surface area (Å²) < 4.78 is 0. The number of amides is 2. The molecule has 5 nitrogen and oxygen atoms in total. The van der Waals surface area contributed by atoms with E-state index in [0.717, 1.165) is 38.5 Å². The summed E-state index contributed by atoms with van der Waals surface area (Å²) in [5, 5.41) is 8.94. The summed E-state index contributed by atoms with van der Waals surface area (Å²) >= 11 is 0. The Labute approximate surface area is 114 Å². The molecule has 19 heavy (non-hydrogen) atoms. The highest BCUT2D eigenvalue weighted by Crippen LogP contribution is 2.31. The second kappa shape index (κ2) is 6.89. The van der Waals surface area contributed by atoms with Gasteiger partial charge < -0.3 is 14.9 Å². The molecule has 0 aromatic rings. The second-order valence-electron chi connectivity index (χ2n) is 5.70. The van der Waals surface area contributed by atoms with Crippen LogP contribution in [0.1, 0.15) is 32.1 Å². The molecule has 0 spiro atoms. The van der Waals surface area contributed by atoms with Gasteiger partial charge >= 0.3 is 0 Å². The Morgan fingerprint density at radius 2 is 1.74 bits per heavy atom. The molecule has 0 unspecified atom stereocenters. The maximum Gasteiger partial charge on any atom is 0.225 e. The predicted molar refractivity (Wildman–Crippen MR) is 71.4 cm³/mol. The maximum absolute atomic E-state index is 12.4. The number of carbonyl (C=O) groups excluding carboxylic acids is 2. The van der Waals surface area contributed by atoms with E-state index in [4.69, 9.17) is 5.11 Å². The maximum atomic E-state index is 12.4. The first-order valence-corrected chi connectivity index (χ1v) is 7.33. The summed E-state index contributed by atoms with van der Waals surface area (Å²) in [6.07, 6.45) is 5.77. The van der Waals surface area contributed by atoms with E-state index in [-0.39, 0.29) is 18.4 Å². The number of hydrogen-bond donors (Lipinski definition) is 1. The van der Waals surface area contributed by atoms with Gasteiger partial charge in [0, 0.05) is 38.7 Å². The van der Waals surface area contributed by atoms with Crippen molar-refractivity contribution in [3.05, 3.63) is 0 Å². The highest BCUT2D eigenvalue weighted by Gasteiger charge is 2.30. The monoisotopic (exact) mass is 268 g/mol. The van der Waals surface area contributed by atoms with Crippen LogP contribution in [0.25, 0.3) is 0 Å². The minimum absolute atomic E-state index is 0.165. The number of aliphatic hydroxyl groups excluding tert-OH is 1. The Kier molecular flexibility index (Phi) is 5.19. The van der Waals surface area contributed by atoms with Gasteiger partial charge in [-0.05, 0) is 38.0 Å². The molecule has 0 bridgehead atoms. The van der Waals surface area contributed by atoms with Gasteiger partial charge in [-0.1, -0.05) is 0 Å². The minimum Gasteiger partial charge on any atom is -0.396 e. The van der Waals surface area contributed by atoms with E-state index in [0.29, 0.717) is 32.1 Å². The lowest BCUT2D eigenvalue weighted by molar-refractivity contribution is -0.140. The minimum atomic E-state index is 0.165. The molecule has 1 saturated heterocycles. The van der Waals surface area contributed by atoms with Crippen molar-refractivity contribution >= 4 is 12.3 Å². The molecule has 0 atom stereocenters. The summed E-state index contributed by atoms with van der Waals surface area (Å²) in [5.41, 5.74) is 0. The number of rotatable bonds is 4. The van der Waals surface area contributed by atoms with Gasteiger partial charge in [0.15, 0.2) is 0 Å². The highest BCUT2D eigenvalue weighted by atomic mass is 16.3. The van der Waals surface area contributed by atoms with Crippen molar-refractivity contribution in [1.82, 2.24) is 9.80 Å². The van der Waals surface area contributed by atoms with Crippen molar-refractivity contribution in [2.75, 3.05) is 32.8 Å². The van der Waals surface area contributed by atoms with E-state index in [1.807, 2.05) is 4.90 Å². The van der Waals surface area contributed by atoms with E-state index >= 15 is 0 Å². The van der Waals surface area contributed by atoms with Crippen LogP contribution in [0, 0.1) is 11.8 Å². The fraction of sp³-hybridized carbons (Fsp3) is 0.857. The van der Waals surface area contributed by atoms with Gasteiger partial charge in [-0.15, -0.1) is 0 Å². The van der Waals surface area contributed by atoms with Crippen molar-refractivity contribution in [2.24, 2.45) is 11.8 Å². The highest BCUT2D eigenvalue weighted by molar-refractivity contribution is 5.79. The molecule has 1 aliphatic carbocycles. The summed E-state index contributed by atoms with van der Waals surface area (Å²) in [7, 11) is 0. The van der Waals surface area contributed by atoms with Crippen LogP contribution in [-0.4, -0.2) is 60.0 Å². The zero-order valence-electron chi connectivity index (χ0n) is 11.5. The van der Waals surface area contributed by atoms with Gasteiger partial charge in [0.2, 0.25) is 12.3 Å². The molecule has 5 heteroatoms. The number of hydrogen-bond acceptors (Lipinski definition) is 3. The van der Waals surface area contributed by atoms with E-state index < -0.39 is 0 Å². The van der Waals surface area contributed by atoms with Crippen molar-refractivity contribution in [3.8, 4) is 0 Å². The summed E-state index contributed by atoms with van der Waals surface area (Å²) in [6, 6.07) is 0. The molecule has 1 saturated carbocycles. The molecule has 1 aliphatic heterocycles. The van der Waals surface area contributed by atoms with Crippen LogP contribution in [0.5, 0.6) is 0 Å². The fourth-order valence-corrected chi connectivity index (χ4v) is 3.19. The molecule has 2 aliphatic rings. The Morgan fingerprint density at radius 3 is 2.26 bits per heavy atom. The fourth-order valence-electron chi connectivity index (χ4n) is 3.19. The van der Waals surface area contributed by atoms with Crippen LogP contribution < -0.4 is 0 Å². The van der Waals surface area contributed by atoms with Crippen molar-refractivity contribution in [2.45, 2.75) is 32.1 Å². The van der Waals surface area contributed by atoms with Crippen LogP contribution in [0.15, 0.2) is 0 Å². The first-order valence-electron chi connectivity index (χ1n) is 7.33. The van der Waals surface area contributed by atoms with Crippen LogP contribution >= 0.6 is 0 Å². The van der Waals surface area contributed by atoms with E-state index in [1.165, 1.54) is 0 Å². The lowest BCUT2D eigenvalue weighted by Gasteiger charge is -2.36. The lowest BCUT2D eigenvalue weighted by Crippen LogP contribution is -2.50. The van der Waals surface area contributed by atoms with Crippen LogP contribution in [0.2, 0.25) is 0 Å². The van der Waals surface area contributed by atoms with Gasteiger partial charge in [0.25, 0.3) is 0 Å². The third-order valence-corrected chi connectivity index (χ3v) is 4.51. The van der Waals surface area contributed by atoms with Crippen molar-refractivity contribution in [1.29, 1.82) is 0 Å². The Morgan fingerprint density at radius 1 is 1.11 bits per heavy atom. The largest absolute Gasteiger partial charge is 0.396 e. The predicted octanol–water partition coefficient (Wildman–Crippen LogP) is 0.476. The molecule has 2 amide bonds. The molecule has 0 aromatic carbocycles. The summed E-state index contributed by atoms with van der Waals surface area (Å²) in [4.78, 5) is 26.7. The molecule has 2 rings (SSSR count). The number of nitrogens with zero attached hydrogens (tertiary/aromatic N) is 2. The standard InChI is InChI=1S/C14H24N2O3/c17-10-5-12-1-3-13(4-2-12)14(19)16-8-6-15(11-18)7-9-16/h11-13,17H,1-10H2. The molecule has 2 fully saturated rings. The third kappa shape index (κ3) is 3.69. The van der Waals surface area contributed by atoms with Gasteiger partial charge in [0.05, 0.1) is 0 Å². The summed E-state index contributed by atoms with van der Waals surface area (Å²) in [6.45, 7) is 2.93. The topological polar surface area (TPSA) is 60.9 Å². The number of carbonyl (C=O) groups is 2. The first kappa shape index (κ1) is 14.3. The molecule has 1 heterocycles. The molecule has 108 valence electrons. The lowest BCUT2D eigenvalue weighted by atomic mass is 9.80. The molecular weight excluding hydrogens is 244 g/mol. The van der Waals surface area contributed by atoms with Gasteiger partial charge in [0.1, 0.15) is 0 Å². The van der Waals surface area contributed by atoms with Gasteiger partial charge in [-0.2, -0.15) is 0 Å². The van der Waals surface area contributed by atoms with Gasteiger partial charge in [-0.3, -0.25) is 9.59 Å². The zero-order valence-corrected chi connectivity index (χ0v) is 11.5. The normalized spacial score (nSPS) is 28.3. The van der Waals surface area contributed by atoms with Crippen molar-refractivity contribution in [3.63, 3.8) is 0 Å². The molecular formula is C14H24N2O3. The average molecular weight is 268 g/mol. The van der Waals surface area contributed by atoms with Gasteiger partial charge in [-0.25, -0.2) is 0 Å². The summed E-state index contributed by atoms with van der Waals surface area (Å²) in [5.74, 6) is 1.03. The Balaban J connectivity index is 1.77. The smallest absolute Gasteiger partial charge is 0.225 e. The molecule has 0 radical (unpaired) electrons. The molecule has 1 N–H and O–H groups in total. The quantitative estimate of drug-likeness (QED) is 0.754.